The minimum absolute atomic E-state index is 0.0248. The minimum Gasteiger partial charge on any atom is -0.462 e. The number of esters is 1. The number of likely N-dealkylation sites (N-methyl/N-ethyl adjacent to an activating group) is 1. The molecule has 6 rings (SSSR count). The van der Waals surface area contributed by atoms with Gasteiger partial charge in [-0.25, -0.2) is 0 Å². The Bertz CT molecular complexity index is 918. The number of methoxy groups -OCH3 is 4. The zero-order valence-corrected chi connectivity index (χ0v) is 22.4. The number of carbonyl (C=O) groups is 1. The summed E-state index contributed by atoms with van der Waals surface area (Å²) in [6, 6.07) is -0.348. The van der Waals surface area contributed by atoms with Crippen molar-refractivity contribution in [1.29, 1.82) is 0 Å². The monoisotopic (exact) mass is 509 g/mol. The second kappa shape index (κ2) is 8.10. The van der Waals surface area contributed by atoms with E-state index in [1.165, 1.54) is 6.92 Å². The molecule has 9 nitrogen and oxygen atoms in total. The average molecular weight is 510 g/mol. The average Bonchev–Trinajstić information content (AvgIpc) is 3.23. The Labute approximate surface area is 213 Å². The van der Waals surface area contributed by atoms with E-state index in [1.807, 2.05) is 0 Å². The normalized spacial score (nSPS) is 56.6. The van der Waals surface area contributed by atoms with Gasteiger partial charge in [-0.1, -0.05) is 6.92 Å². The second-order valence-corrected chi connectivity index (χ2v) is 12.5. The predicted octanol–water partition coefficient (Wildman–Crippen LogP) is 0.842. The first-order valence-corrected chi connectivity index (χ1v) is 13.6. The molecule has 5 aliphatic carbocycles. The molecule has 13 atom stereocenters. The van der Waals surface area contributed by atoms with Crippen LogP contribution in [0.4, 0.5) is 0 Å². The van der Waals surface area contributed by atoms with Gasteiger partial charge in [-0.2, -0.15) is 0 Å². The smallest absolute Gasteiger partial charge is 0.302 e. The number of piperidine rings is 1. The Hall–Kier alpha value is -0.810. The summed E-state index contributed by atoms with van der Waals surface area (Å²) in [7, 11) is 6.83. The summed E-state index contributed by atoms with van der Waals surface area (Å²) in [5.74, 6) is -0.924. The molecule has 0 aromatic heterocycles. The number of hydrogen-bond acceptors (Lipinski definition) is 9. The van der Waals surface area contributed by atoms with Gasteiger partial charge in [0.1, 0.15) is 17.3 Å². The van der Waals surface area contributed by atoms with Gasteiger partial charge >= 0.3 is 5.97 Å². The Kier molecular flexibility index (Phi) is 5.73. The van der Waals surface area contributed by atoms with E-state index in [1.54, 1.807) is 28.4 Å². The summed E-state index contributed by atoms with van der Waals surface area (Å²) >= 11 is 0. The van der Waals surface area contributed by atoms with Crippen molar-refractivity contribution in [3.8, 4) is 0 Å². The zero-order chi connectivity index (χ0) is 25.8. The first-order chi connectivity index (χ1) is 17.2. The highest BCUT2D eigenvalue weighted by Gasteiger charge is 2.91. The van der Waals surface area contributed by atoms with Crippen LogP contribution in [0.15, 0.2) is 0 Å². The van der Waals surface area contributed by atoms with Crippen LogP contribution in [0.1, 0.15) is 39.5 Å². The van der Waals surface area contributed by atoms with Gasteiger partial charge in [-0.05, 0) is 31.7 Å². The number of nitrogens with zero attached hydrogens (tertiary/aromatic N) is 1. The first kappa shape index (κ1) is 25.5. The van der Waals surface area contributed by atoms with Crippen LogP contribution in [0, 0.1) is 34.5 Å². The van der Waals surface area contributed by atoms with Gasteiger partial charge in [0.15, 0.2) is 0 Å². The predicted molar refractivity (Wildman–Crippen MR) is 128 cm³/mol. The first-order valence-electron chi connectivity index (χ1n) is 13.6. The van der Waals surface area contributed by atoms with Crippen LogP contribution in [0.3, 0.4) is 0 Å². The molecule has 5 saturated carbocycles. The molecule has 9 heteroatoms. The molecule has 1 spiro atoms. The molecule has 0 aromatic rings. The quantitative estimate of drug-likeness (QED) is 0.483. The van der Waals surface area contributed by atoms with Gasteiger partial charge in [-0.15, -0.1) is 0 Å². The molecule has 6 aliphatic rings. The lowest BCUT2D eigenvalue weighted by Crippen LogP contribution is -2.82. The van der Waals surface area contributed by atoms with Crippen molar-refractivity contribution in [2.24, 2.45) is 34.5 Å². The van der Waals surface area contributed by atoms with E-state index < -0.39 is 34.7 Å². The van der Waals surface area contributed by atoms with Gasteiger partial charge in [0.2, 0.25) is 0 Å². The van der Waals surface area contributed by atoms with Gasteiger partial charge in [0.25, 0.3) is 0 Å². The largest absolute Gasteiger partial charge is 0.462 e. The van der Waals surface area contributed by atoms with Crippen molar-refractivity contribution >= 4 is 5.97 Å². The molecule has 0 amide bonds. The van der Waals surface area contributed by atoms with Crippen LogP contribution in [0.5, 0.6) is 0 Å². The summed E-state index contributed by atoms with van der Waals surface area (Å²) in [6.45, 7) is 5.62. The summed E-state index contributed by atoms with van der Waals surface area (Å²) in [5.41, 5.74) is -3.87. The minimum atomic E-state index is -1.59. The molecule has 1 heterocycles. The lowest BCUT2D eigenvalue weighted by atomic mass is 9.42. The molecule has 6 fully saturated rings. The number of carbonyl (C=O) groups excluding carboxylic acids is 1. The molecular weight excluding hydrogens is 466 g/mol. The second-order valence-electron chi connectivity index (χ2n) is 12.5. The van der Waals surface area contributed by atoms with E-state index in [0.717, 1.165) is 32.4 Å². The number of rotatable bonds is 7. The maximum atomic E-state index is 13.1. The van der Waals surface area contributed by atoms with E-state index in [4.69, 9.17) is 23.7 Å². The van der Waals surface area contributed by atoms with E-state index in [0.29, 0.717) is 6.61 Å². The number of fused-ring (bicyclic) bond motifs is 2. The summed E-state index contributed by atoms with van der Waals surface area (Å²) in [4.78, 5) is 14.7. The van der Waals surface area contributed by atoms with Crippen LogP contribution in [0.25, 0.3) is 0 Å². The maximum Gasteiger partial charge on any atom is 0.302 e. The van der Waals surface area contributed by atoms with E-state index in [2.05, 4.69) is 11.8 Å². The maximum absolute atomic E-state index is 13.1. The molecule has 0 unspecified atom stereocenters. The molecule has 36 heavy (non-hydrogen) atoms. The van der Waals surface area contributed by atoms with Crippen LogP contribution in [0.2, 0.25) is 0 Å². The molecule has 2 N–H and O–H groups in total. The Balaban J connectivity index is 1.66. The summed E-state index contributed by atoms with van der Waals surface area (Å²) in [5, 5.41) is 26.0. The van der Waals surface area contributed by atoms with Crippen molar-refractivity contribution in [3.63, 3.8) is 0 Å². The molecule has 0 radical (unpaired) electrons. The van der Waals surface area contributed by atoms with Crippen molar-refractivity contribution in [1.82, 2.24) is 4.90 Å². The third-order valence-electron chi connectivity index (χ3n) is 11.8. The third kappa shape index (κ3) is 2.55. The van der Waals surface area contributed by atoms with E-state index in [9.17, 15) is 15.0 Å². The molecule has 7 bridgehead atoms. The van der Waals surface area contributed by atoms with Crippen molar-refractivity contribution in [2.45, 2.75) is 81.2 Å². The molecular formula is C27H43NO8. The lowest BCUT2D eigenvalue weighted by Gasteiger charge is -2.70. The van der Waals surface area contributed by atoms with Crippen LogP contribution < -0.4 is 0 Å². The summed E-state index contributed by atoms with van der Waals surface area (Å²) in [6.07, 6.45) is 1.20. The fourth-order valence-electron chi connectivity index (χ4n) is 11.3. The van der Waals surface area contributed by atoms with Crippen molar-refractivity contribution < 1.29 is 38.7 Å². The summed E-state index contributed by atoms with van der Waals surface area (Å²) < 4.78 is 30.5. The SMILES string of the molecule is CCN1C[C@]2(COC)CC[C@H](OC)[C@@]34[C@@H]5C[C@H]6[C@H](OC(C)=O)[C@@H]5[C@](O)(C[C@@H]6OC)[C@](O)([C@@H](OC)[C@H]23)[C@@H]14. The zero-order valence-electron chi connectivity index (χ0n) is 22.4. The Morgan fingerprint density at radius 1 is 1.11 bits per heavy atom. The fourth-order valence-corrected chi connectivity index (χ4v) is 11.3. The van der Waals surface area contributed by atoms with E-state index in [-0.39, 0.29) is 53.8 Å². The third-order valence-corrected chi connectivity index (χ3v) is 11.8. The van der Waals surface area contributed by atoms with Gasteiger partial charge in [0.05, 0.1) is 31.0 Å². The Morgan fingerprint density at radius 2 is 1.86 bits per heavy atom. The highest BCUT2D eigenvalue weighted by Crippen LogP contribution is 2.80. The van der Waals surface area contributed by atoms with Gasteiger partial charge < -0.3 is 33.9 Å². The molecule has 0 aromatic carbocycles. The molecule has 204 valence electrons. The molecule has 1 saturated heterocycles. The highest BCUT2D eigenvalue weighted by molar-refractivity contribution is 5.66. The van der Waals surface area contributed by atoms with Crippen molar-refractivity contribution in [2.75, 3.05) is 48.1 Å². The van der Waals surface area contributed by atoms with Crippen molar-refractivity contribution in [3.05, 3.63) is 0 Å². The van der Waals surface area contributed by atoms with Crippen LogP contribution in [-0.4, -0.2) is 111 Å². The van der Waals surface area contributed by atoms with Gasteiger partial charge in [0, 0.05) is 76.9 Å². The number of hydrogen-bond donors (Lipinski definition) is 2. The van der Waals surface area contributed by atoms with Gasteiger partial charge in [-0.3, -0.25) is 9.69 Å². The van der Waals surface area contributed by atoms with E-state index >= 15 is 0 Å². The molecule has 1 aliphatic heterocycles. The number of ether oxygens (including phenoxy) is 5. The lowest BCUT2D eigenvalue weighted by molar-refractivity contribution is -0.319. The Morgan fingerprint density at radius 3 is 2.44 bits per heavy atom. The van der Waals surface area contributed by atoms with Crippen LogP contribution >= 0.6 is 0 Å². The fraction of sp³-hybridized carbons (Fsp3) is 0.963. The standard InChI is InChI=1S/C27H43NO8/c1-7-28-12-24(13-32-3)9-8-18(34-5)26-16-10-15-17(33-4)11-25(30,19(16)20(15)36-14(2)29)27(31,23(26)28)22(35-6)21(24)26/h15-23,30-31H,7-13H2,1-6H3/t15-,16-,17+,18+,19-,20+,21-,22+,23+,24+,25-,26+,27+/m1/s1. The number of likely N-dealkylation sites (tertiary alicyclic amines) is 1. The number of aliphatic hydroxyl groups is 2. The van der Waals surface area contributed by atoms with Crippen LogP contribution in [-0.2, 0) is 28.5 Å². The topological polar surface area (TPSA) is 107 Å². The highest BCUT2D eigenvalue weighted by atomic mass is 16.6.